The van der Waals surface area contributed by atoms with Crippen LogP contribution in [0.2, 0.25) is 18.1 Å². The molecule has 4 nitrogen and oxygen atoms in total. The van der Waals surface area contributed by atoms with E-state index in [1.54, 1.807) is 0 Å². The van der Waals surface area contributed by atoms with Crippen molar-refractivity contribution in [2.75, 3.05) is 19.0 Å². The predicted octanol–water partition coefficient (Wildman–Crippen LogP) is 2.86. The average Bonchev–Trinajstić information content (AvgIpc) is 2.33. The lowest BCUT2D eigenvalue weighted by atomic mass is 10.2. The first-order chi connectivity index (χ1) is 9.10. The Kier molecular flexibility index (Phi) is 8.98. The summed E-state index contributed by atoms with van der Waals surface area (Å²) in [6.45, 7) is 12.0. The second-order valence-electron chi connectivity index (χ2n) is 6.78. The third kappa shape index (κ3) is 8.24. The molecule has 3 N–H and O–H groups in total. The number of nitrogens with one attached hydrogen (secondary N) is 1. The largest absolute Gasteiger partial charge is 0.415 e. The zero-order valence-electron chi connectivity index (χ0n) is 13.6. The van der Waals surface area contributed by atoms with Gasteiger partial charge in [-0.15, -0.1) is 11.6 Å². The summed E-state index contributed by atoms with van der Waals surface area (Å²) < 4.78 is 6.03. The number of carbonyl (C=O) groups is 1. The Bertz CT molecular complexity index is 293. The van der Waals surface area contributed by atoms with Crippen LogP contribution >= 0.6 is 11.6 Å². The number of carbonyl (C=O) groups excluding carboxylic acids is 1. The summed E-state index contributed by atoms with van der Waals surface area (Å²) in [5.74, 6) is 0.644. The fourth-order valence-electron chi connectivity index (χ4n) is 1.30. The third-order valence-corrected chi connectivity index (χ3v) is 8.58. The van der Waals surface area contributed by atoms with Gasteiger partial charge in [0.15, 0.2) is 8.32 Å². The highest BCUT2D eigenvalue weighted by Gasteiger charge is 2.37. The van der Waals surface area contributed by atoms with Gasteiger partial charge in [-0.1, -0.05) is 20.8 Å². The number of nitrogens with two attached hydrogens (primary N) is 1. The summed E-state index contributed by atoms with van der Waals surface area (Å²) in [4.78, 5) is 11.5. The highest BCUT2D eigenvalue weighted by molar-refractivity contribution is 6.74. The molecule has 0 aromatic rings. The molecule has 0 radical (unpaired) electrons. The molecule has 0 saturated carbocycles. The Morgan fingerprint density at radius 1 is 1.35 bits per heavy atom. The zero-order valence-corrected chi connectivity index (χ0v) is 15.3. The average molecular weight is 323 g/mol. The summed E-state index contributed by atoms with van der Waals surface area (Å²) in [5, 5.41) is 3.02. The normalized spacial score (nSPS) is 14.2. The molecule has 1 amide bonds. The molecule has 6 heteroatoms. The second kappa shape index (κ2) is 9.03. The number of hydrogen-bond donors (Lipinski definition) is 2. The molecule has 0 rings (SSSR count). The Morgan fingerprint density at radius 2 is 1.95 bits per heavy atom. The Balaban J connectivity index is 3.89. The molecule has 0 spiro atoms. The van der Waals surface area contributed by atoms with E-state index in [4.69, 9.17) is 21.8 Å². The van der Waals surface area contributed by atoms with Crippen LogP contribution in [0.4, 0.5) is 0 Å². The van der Waals surface area contributed by atoms with E-state index in [0.717, 1.165) is 12.8 Å². The van der Waals surface area contributed by atoms with Gasteiger partial charge < -0.3 is 15.5 Å². The summed E-state index contributed by atoms with van der Waals surface area (Å²) in [6.07, 6.45) is 2.21. The van der Waals surface area contributed by atoms with Crippen LogP contribution in [0.1, 0.15) is 40.0 Å². The molecule has 0 aromatic carbocycles. The predicted molar refractivity (Wildman–Crippen MR) is 88.7 cm³/mol. The molecule has 1 atom stereocenters. The van der Waals surface area contributed by atoms with Crippen LogP contribution < -0.4 is 11.1 Å². The van der Waals surface area contributed by atoms with Crippen molar-refractivity contribution in [3.8, 4) is 0 Å². The second-order valence-corrected chi connectivity index (χ2v) is 12.0. The molecule has 0 aliphatic rings. The van der Waals surface area contributed by atoms with Crippen LogP contribution in [0.5, 0.6) is 0 Å². The van der Waals surface area contributed by atoms with Gasteiger partial charge in [-0.05, 0) is 31.0 Å². The van der Waals surface area contributed by atoms with Crippen LogP contribution in [0.15, 0.2) is 0 Å². The first-order valence-electron chi connectivity index (χ1n) is 7.32. The van der Waals surface area contributed by atoms with Crippen molar-refractivity contribution in [3.63, 3.8) is 0 Å². The first-order valence-corrected chi connectivity index (χ1v) is 10.8. The maximum absolute atomic E-state index is 11.5. The third-order valence-electron chi connectivity index (χ3n) is 3.81. The first kappa shape index (κ1) is 19.9. The van der Waals surface area contributed by atoms with Gasteiger partial charge >= 0.3 is 0 Å². The van der Waals surface area contributed by atoms with Gasteiger partial charge in [0.2, 0.25) is 5.91 Å². The van der Waals surface area contributed by atoms with E-state index in [-0.39, 0.29) is 17.0 Å². The summed E-state index contributed by atoms with van der Waals surface area (Å²) in [7, 11) is -1.76. The quantitative estimate of drug-likeness (QED) is 0.390. The van der Waals surface area contributed by atoms with Crippen molar-refractivity contribution >= 4 is 25.8 Å². The van der Waals surface area contributed by atoms with Crippen molar-refractivity contribution in [2.24, 2.45) is 5.73 Å². The fourth-order valence-corrected chi connectivity index (χ4v) is 2.56. The lowest BCUT2D eigenvalue weighted by molar-refractivity contribution is -0.121. The van der Waals surface area contributed by atoms with E-state index in [9.17, 15) is 4.79 Å². The number of amides is 1. The number of rotatable bonds is 9. The molecule has 0 bridgehead atoms. The van der Waals surface area contributed by atoms with Crippen LogP contribution in [-0.4, -0.2) is 39.3 Å². The standard InChI is InChI=1S/C14H31ClN2O2Si/c1-14(2,3)20(4,5)19-11-12(16)10-17-13(18)8-6-7-9-15/h12H,6-11,16H2,1-5H3,(H,17,18). The SMILES string of the molecule is CC(C)(C)[Si](C)(C)OCC(N)CNC(=O)CCCCCl. The van der Waals surface area contributed by atoms with E-state index in [2.05, 4.69) is 39.2 Å². The highest BCUT2D eigenvalue weighted by atomic mass is 35.5. The molecule has 20 heavy (non-hydrogen) atoms. The smallest absolute Gasteiger partial charge is 0.220 e. The lowest BCUT2D eigenvalue weighted by Crippen LogP contribution is -2.47. The van der Waals surface area contributed by atoms with Crippen LogP contribution in [-0.2, 0) is 9.22 Å². The van der Waals surface area contributed by atoms with Gasteiger partial charge in [0, 0.05) is 24.9 Å². The van der Waals surface area contributed by atoms with E-state index in [0.29, 0.717) is 25.5 Å². The minimum atomic E-state index is -1.76. The molecule has 0 heterocycles. The maximum Gasteiger partial charge on any atom is 0.220 e. The minimum Gasteiger partial charge on any atom is -0.415 e. The molecule has 0 fully saturated rings. The lowest BCUT2D eigenvalue weighted by Gasteiger charge is -2.36. The maximum atomic E-state index is 11.5. The fraction of sp³-hybridized carbons (Fsp3) is 0.929. The Labute approximate surface area is 129 Å². The molecule has 1 unspecified atom stereocenters. The van der Waals surface area contributed by atoms with Gasteiger partial charge in [0.25, 0.3) is 0 Å². The molecule has 0 aliphatic carbocycles. The number of hydrogen-bond acceptors (Lipinski definition) is 3. The molecule has 0 saturated heterocycles. The van der Waals surface area contributed by atoms with Gasteiger partial charge in [0.1, 0.15) is 0 Å². The van der Waals surface area contributed by atoms with E-state index >= 15 is 0 Å². The van der Waals surface area contributed by atoms with Gasteiger partial charge in [0.05, 0.1) is 6.61 Å². The van der Waals surface area contributed by atoms with Gasteiger partial charge in [-0.2, -0.15) is 0 Å². The molecular weight excluding hydrogens is 292 g/mol. The number of halogens is 1. The highest BCUT2D eigenvalue weighted by Crippen LogP contribution is 2.36. The van der Waals surface area contributed by atoms with Crippen LogP contribution in [0.25, 0.3) is 0 Å². The Hall–Kier alpha value is -0.103. The molecule has 0 aliphatic heterocycles. The number of unbranched alkanes of at least 4 members (excludes halogenated alkanes) is 1. The number of alkyl halides is 1. The van der Waals surface area contributed by atoms with Crippen molar-refractivity contribution in [3.05, 3.63) is 0 Å². The van der Waals surface area contributed by atoms with Gasteiger partial charge in [-0.25, -0.2) is 0 Å². The topological polar surface area (TPSA) is 64.3 Å². The van der Waals surface area contributed by atoms with Crippen molar-refractivity contribution in [1.29, 1.82) is 0 Å². The van der Waals surface area contributed by atoms with Gasteiger partial charge in [-0.3, -0.25) is 4.79 Å². The molecule has 0 aromatic heterocycles. The minimum absolute atomic E-state index is 0.0397. The monoisotopic (exact) mass is 322 g/mol. The van der Waals surface area contributed by atoms with Crippen LogP contribution in [0.3, 0.4) is 0 Å². The molecule has 120 valence electrons. The van der Waals surface area contributed by atoms with E-state index in [1.165, 1.54) is 0 Å². The van der Waals surface area contributed by atoms with Crippen molar-refractivity contribution < 1.29 is 9.22 Å². The molecular formula is C14H31ClN2O2Si. The van der Waals surface area contributed by atoms with Crippen molar-refractivity contribution in [1.82, 2.24) is 5.32 Å². The summed E-state index contributed by atoms with van der Waals surface area (Å²) in [6, 6.07) is -0.152. The Morgan fingerprint density at radius 3 is 2.45 bits per heavy atom. The van der Waals surface area contributed by atoms with Crippen molar-refractivity contribution in [2.45, 2.75) is 64.2 Å². The summed E-state index contributed by atoms with van der Waals surface area (Å²) in [5.41, 5.74) is 5.99. The van der Waals surface area contributed by atoms with Crippen LogP contribution in [0, 0.1) is 0 Å². The summed E-state index contributed by atoms with van der Waals surface area (Å²) >= 11 is 5.57. The zero-order chi connectivity index (χ0) is 15.8. The van der Waals surface area contributed by atoms with E-state index in [1.807, 2.05) is 0 Å². The van der Waals surface area contributed by atoms with E-state index < -0.39 is 8.32 Å².